The van der Waals surface area contributed by atoms with Gasteiger partial charge >= 0.3 is 6.03 Å². The van der Waals surface area contributed by atoms with Crippen molar-refractivity contribution in [3.05, 3.63) is 34.9 Å². The minimum atomic E-state index is -0.0780. The van der Waals surface area contributed by atoms with Crippen molar-refractivity contribution in [3.63, 3.8) is 0 Å². The van der Waals surface area contributed by atoms with E-state index in [0.717, 1.165) is 17.0 Å². The number of likely N-dealkylation sites (tertiary alicyclic amines) is 1. The van der Waals surface area contributed by atoms with E-state index in [1.165, 1.54) is 6.92 Å². The second-order valence-corrected chi connectivity index (χ2v) is 7.37. The number of hydrogen-bond acceptors (Lipinski definition) is 2. The van der Waals surface area contributed by atoms with Gasteiger partial charge in [-0.1, -0.05) is 37.6 Å². The summed E-state index contributed by atoms with van der Waals surface area (Å²) in [6, 6.07) is 7.80. The molecule has 2 rings (SSSR count). The number of rotatable bonds is 5. The van der Waals surface area contributed by atoms with E-state index < -0.39 is 0 Å². The third-order valence-electron chi connectivity index (χ3n) is 3.87. The van der Waals surface area contributed by atoms with Crippen LogP contribution in [0.15, 0.2) is 24.3 Å². The molecule has 0 radical (unpaired) electrons. The van der Waals surface area contributed by atoms with Gasteiger partial charge in [0, 0.05) is 31.6 Å². The molecule has 0 aromatic heterocycles. The van der Waals surface area contributed by atoms with Gasteiger partial charge in [0.05, 0.1) is 6.04 Å². The first-order valence-corrected chi connectivity index (χ1v) is 8.17. The summed E-state index contributed by atoms with van der Waals surface area (Å²) in [5.74, 6) is -0.0577. The molecule has 126 valence electrons. The molecule has 1 heterocycles. The Hall–Kier alpha value is -1.75. The van der Waals surface area contributed by atoms with Crippen LogP contribution in [0.3, 0.4) is 0 Å². The molecule has 0 bridgehead atoms. The molecule has 1 aromatic rings. The molecule has 1 aliphatic heterocycles. The van der Waals surface area contributed by atoms with Gasteiger partial charge in [0.2, 0.25) is 5.91 Å². The highest BCUT2D eigenvalue weighted by Gasteiger charge is 2.31. The topological polar surface area (TPSA) is 61.4 Å². The number of carbonyl (C=O) groups excluding carboxylic acids is 2. The minimum absolute atomic E-state index is 0.0577. The minimum Gasteiger partial charge on any atom is -0.350 e. The SMILES string of the molecule is CC(=O)NC1CN(C(=O)NCC(C)(C)Cc2cccc(Cl)c2)C1. The van der Waals surface area contributed by atoms with E-state index in [2.05, 4.69) is 24.5 Å². The zero-order chi connectivity index (χ0) is 17.0. The first-order chi connectivity index (χ1) is 10.7. The molecule has 3 amide bonds. The van der Waals surface area contributed by atoms with Crippen molar-refractivity contribution in [1.82, 2.24) is 15.5 Å². The van der Waals surface area contributed by atoms with E-state index in [1.54, 1.807) is 4.90 Å². The third-order valence-corrected chi connectivity index (χ3v) is 4.10. The standard InChI is InChI=1S/C17H24ClN3O2/c1-12(22)20-15-9-21(10-15)16(23)19-11-17(2,3)8-13-5-4-6-14(18)7-13/h4-7,15H,8-11H2,1-3H3,(H,19,23)(H,20,22). The zero-order valence-corrected chi connectivity index (χ0v) is 14.6. The maximum absolute atomic E-state index is 12.1. The maximum Gasteiger partial charge on any atom is 0.317 e. The van der Waals surface area contributed by atoms with Crippen LogP contribution < -0.4 is 10.6 Å². The van der Waals surface area contributed by atoms with E-state index >= 15 is 0 Å². The molecule has 0 spiro atoms. The quantitative estimate of drug-likeness (QED) is 0.867. The number of amides is 3. The van der Waals surface area contributed by atoms with Crippen molar-refractivity contribution in [2.45, 2.75) is 33.2 Å². The van der Waals surface area contributed by atoms with Crippen LogP contribution in [0.5, 0.6) is 0 Å². The van der Waals surface area contributed by atoms with E-state index in [-0.39, 0.29) is 23.4 Å². The fraction of sp³-hybridized carbons (Fsp3) is 0.529. The van der Waals surface area contributed by atoms with Gasteiger partial charge in [-0.15, -0.1) is 0 Å². The Bertz CT molecular complexity index is 583. The van der Waals surface area contributed by atoms with Crippen LogP contribution >= 0.6 is 11.6 Å². The summed E-state index contributed by atoms with van der Waals surface area (Å²) in [6.07, 6.45) is 0.836. The summed E-state index contributed by atoms with van der Waals surface area (Å²) in [5, 5.41) is 6.50. The predicted molar refractivity (Wildman–Crippen MR) is 91.5 cm³/mol. The number of nitrogens with zero attached hydrogens (tertiary/aromatic N) is 1. The van der Waals surface area contributed by atoms with Crippen molar-refractivity contribution >= 4 is 23.5 Å². The van der Waals surface area contributed by atoms with Gasteiger partial charge < -0.3 is 15.5 Å². The molecule has 1 saturated heterocycles. The van der Waals surface area contributed by atoms with Crippen molar-refractivity contribution in [1.29, 1.82) is 0 Å². The molecular weight excluding hydrogens is 314 g/mol. The van der Waals surface area contributed by atoms with Gasteiger partial charge in [0.15, 0.2) is 0 Å². The van der Waals surface area contributed by atoms with E-state index in [1.807, 2.05) is 24.3 Å². The second kappa shape index (κ2) is 7.21. The monoisotopic (exact) mass is 337 g/mol. The van der Waals surface area contributed by atoms with Gasteiger partial charge in [-0.3, -0.25) is 4.79 Å². The Balaban J connectivity index is 1.76. The van der Waals surface area contributed by atoms with Gasteiger partial charge in [-0.25, -0.2) is 4.79 Å². The van der Waals surface area contributed by atoms with Crippen LogP contribution in [-0.2, 0) is 11.2 Å². The Labute approximate surface area is 142 Å². The highest BCUT2D eigenvalue weighted by molar-refractivity contribution is 6.30. The molecule has 5 nitrogen and oxygen atoms in total. The lowest BCUT2D eigenvalue weighted by atomic mass is 9.85. The number of hydrogen-bond donors (Lipinski definition) is 2. The van der Waals surface area contributed by atoms with Crippen molar-refractivity contribution in [2.75, 3.05) is 19.6 Å². The van der Waals surface area contributed by atoms with Crippen LogP contribution in [0.1, 0.15) is 26.3 Å². The lowest BCUT2D eigenvalue weighted by Gasteiger charge is -2.39. The maximum atomic E-state index is 12.1. The fourth-order valence-corrected chi connectivity index (χ4v) is 2.92. The molecule has 1 fully saturated rings. The highest BCUT2D eigenvalue weighted by atomic mass is 35.5. The first kappa shape index (κ1) is 17.6. The molecule has 0 unspecified atom stereocenters. The van der Waals surface area contributed by atoms with Crippen molar-refractivity contribution in [3.8, 4) is 0 Å². The van der Waals surface area contributed by atoms with Gasteiger partial charge in [-0.05, 0) is 29.5 Å². The Morgan fingerprint density at radius 1 is 1.35 bits per heavy atom. The van der Waals surface area contributed by atoms with Crippen molar-refractivity contribution in [2.24, 2.45) is 5.41 Å². The van der Waals surface area contributed by atoms with Gasteiger partial charge in [0.25, 0.3) is 0 Å². The largest absolute Gasteiger partial charge is 0.350 e. The summed E-state index contributed by atoms with van der Waals surface area (Å²) in [4.78, 5) is 24.7. The first-order valence-electron chi connectivity index (χ1n) is 7.79. The third kappa shape index (κ3) is 5.43. The van der Waals surface area contributed by atoms with Crippen LogP contribution in [0.4, 0.5) is 4.79 Å². The van der Waals surface area contributed by atoms with Gasteiger partial charge in [0.1, 0.15) is 0 Å². The highest BCUT2D eigenvalue weighted by Crippen LogP contribution is 2.23. The molecule has 0 atom stereocenters. The Kier molecular flexibility index (Phi) is 5.52. The summed E-state index contributed by atoms with van der Waals surface area (Å²) in [7, 11) is 0. The average molecular weight is 338 g/mol. The van der Waals surface area contributed by atoms with E-state index in [4.69, 9.17) is 11.6 Å². The predicted octanol–water partition coefficient (Wildman–Crippen LogP) is 2.44. The smallest absolute Gasteiger partial charge is 0.317 e. The van der Waals surface area contributed by atoms with E-state index in [0.29, 0.717) is 19.6 Å². The molecule has 2 N–H and O–H groups in total. The molecule has 1 aliphatic rings. The molecule has 0 aliphatic carbocycles. The number of benzene rings is 1. The molecule has 1 aromatic carbocycles. The molecular formula is C17H24ClN3O2. The van der Waals surface area contributed by atoms with Crippen LogP contribution in [0, 0.1) is 5.41 Å². The number of carbonyl (C=O) groups is 2. The van der Waals surface area contributed by atoms with Crippen LogP contribution in [0.25, 0.3) is 0 Å². The molecule has 6 heteroatoms. The summed E-state index contributed by atoms with van der Waals surface area (Å²) >= 11 is 6.01. The van der Waals surface area contributed by atoms with Crippen LogP contribution in [0.2, 0.25) is 5.02 Å². The lowest BCUT2D eigenvalue weighted by molar-refractivity contribution is -0.120. The average Bonchev–Trinajstić information content (AvgIpc) is 2.39. The summed E-state index contributed by atoms with van der Waals surface area (Å²) in [6.45, 7) is 7.44. The Morgan fingerprint density at radius 2 is 2.04 bits per heavy atom. The summed E-state index contributed by atoms with van der Waals surface area (Å²) < 4.78 is 0. The van der Waals surface area contributed by atoms with E-state index in [9.17, 15) is 9.59 Å². The van der Waals surface area contributed by atoms with Crippen molar-refractivity contribution < 1.29 is 9.59 Å². The second-order valence-electron chi connectivity index (χ2n) is 6.93. The lowest BCUT2D eigenvalue weighted by Crippen LogP contribution is -2.63. The molecule has 23 heavy (non-hydrogen) atoms. The normalized spacial score (nSPS) is 15.0. The Morgan fingerprint density at radius 3 is 2.65 bits per heavy atom. The molecule has 0 saturated carbocycles. The fourth-order valence-electron chi connectivity index (χ4n) is 2.71. The van der Waals surface area contributed by atoms with Gasteiger partial charge in [-0.2, -0.15) is 0 Å². The van der Waals surface area contributed by atoms with Crippen LogP contribution in [-0.4, -0.2) is 42.5 Å². The number of nitrogens with one attached hydrogen (secondary N) is 2. The number of halogens is 1. The zero-order valence-electron chi connectivity index (χ0n) is 13.9. The number of urea groups is 1. The summed E-state index contributed by atoms with van der Waals surface area (Å²) in [5.41, 5.74) is 1.09.